The highest BCUT2D eigenvalue weighted by molar-refractivity contribution is 6.36. The number of hydrogen-bond acceptors (Lipinski definition) is 6. The number of nitrogens with zero attached hydrogens (tertiary/aromatic N) is 5. The van der Waals surface area contributed by atoms with Crippen LogP contribution in [0.5, 0.6) is 0 Å². The lowest BCUT2D eigenvalue weighted by Crippen LogP contribution is -2.09. The van der Waals surface area contributed by atoms with Gasteiger partial charge >= 0.3 is 0 Å². The molecule has 0 radical (unpaired) electrons. The van der Waals surface area contributed by atoms with E-state index in [-0.39, 0.29) is 6.04 Å². The number of benzene rings is 3. The van der Waals surface area contributed by atoms with Gasteiger partial charge in [-0.3, -0.25) is 14.8 Å². The van der Waals surface area contributed by atoms with Gasteiger partial charge in [0.1, 0.15) is 5.52 Å². The maximum absolute atomic E-state index is 6.22. The fourth-order valence-electron chi connectivity index (χ4n) is 4.68. The predicted molar refractivity (Wildman–Crippen MR) is 178 cm³/mol. The number of halogens is 1. The van der Waals surface area contributed by atoms with Gasteiger partial charge in [0.2, 0.25) is 5.89 Å². The molecule has 8 nitrogen and oxygen atoms in total. The van der Waals surface area contributed by atoms with E-state index in [4.69, 9.17) is 21.8 Å². The zero-order valence-corrected chi connectivity index (χ0v) is 26.5. The number of aliphatic imine (C=N–C) groups is 1. The Bertz CT molecular complexity index is 1810. The average Bonchev–Trinajstić information content (AvgIpc) is 3.77. The third kappa shape index (κ3) is 7.77. The van der Waals surface area contributed by atoms with Crippen LogP contribution >= 0.6 is 11.6 Å². The van der Waals surface area contributed by atoms with E-state index >= 15 is 0 Å². The van der Waals surface area contributed by atoms with Crippen LogP contribution in [0.15, 0.2) is 82.6 Å². The van der Waals surface area contributed by atoms with Crippen molar-refractivity contribution < 1.29 is 4.42 Å². The van der Waals surface area contributed by atoms with Crippen LogP contribution < -0.4 is 5.73 Å². The Morgan fingerprint density at radius 1 is 1.12 bits per heavy atom. The summed E-state index contributed by atoms with van der Waals surface area (Å²) in [7, 11) is 3.70. The molecule has 0 fully saturated rings. The Kier molecular flexibility index (Phi) is 10.9. The summed E-state index contributed by atoms with van der Waals surface area (Å²) in [5.74, 6) is 0.631. The predicted octanol–water partition coefficient (Wildman–Crippen LogP) is 8.24. The first-order chi connectivity index (χ1) is 20.7. The summed E-state index contributed by atoms with van der Waals surface area (Å²) in [6.07, 6.45) is 8.48. The number of hydrogen-bond donors (Lipinski definition) is 2. The molecule has 1 atom stereocenters. The summed E-state index contributed by atoms with van der Waals surface area (Å²) in [6.45, 7) is 8.35. The number of fused-ring (bicyclic) bond motifs is 2. The monoisotopic (exact) mass is 597 g/mol. The van der Waals surface area contributed by atoms with Crippen LogP contribution in [0.3, 0.4) is 0 Å². The van der Waals surface area contributed by atoms with Crippen molar-refractivity contribution in [2.75, 3.05) is 7.05 Å². The van der Waals surface area contributed by atoms with Crippen molar-refractivity contribution in [2.45, 2.75) is 53.0 Å². The van der Waals surface area contributed by atoms with Gasteiger partial charge < -0.3 is 10.2 Å². The van der Waals surface area contributed by atoms with E-state index < -0.39 is 0 Å². The topological polar surface area (TPSA) is 111 Å². The van der Waals surface area contributed by atoms with Crippen LogP contribution in [-0.4, -0.2) is 37.7 Å². The molecule has 3 aromatic carbocycles. The average molecular weight is 598 g/mol. The minimum absolute atomic E-state index is 0.00167. The van der Waals surface area contributed by atoms with Gasteiger partial charge in [-0.05, 0) is 67.1 Å². The molecule has 1 unspecified atom stereocenters. The van der Waals surface area contributed by atoms with Crippen LogP contribution in [0, 0.1) is 6.92 Å². The van der Waals surface area contributed by atoms with Crippen molar-refractivity contribution in [3.05, 3.63) is 100 Å². The minimum Gasteiger partial charge on any atom is -0.436 e. The van der Waals surface area contributed by atoms with E-state index in [2.05, 4.69) is 63.4 Å². The van der Waals surface area contributed by atoms with E-state index in [9.17, 15) is 0 Å². The van der Waals surface area contributed by atoms with Gasteiger partial charge in [0.15, 0.2) is 5.58 Å². The number of aromatic nitrogens is 5. The molecule has 0 saturated carbocycles. The molecule has 9 heteroatoms. The van der Waals surface area contributed by atoms with Crippen LogP contribution in [0.1, 0.15) is 61.9 Å². The van der Waals surface area contributed by atoms with Gasteiger partial charge in [-0.15, -0.1) is 0 Å². The molecule has 3 N–H and O–H groups in total. The van der Waals surface area contributed by atoms with Gasteiger partial charge in [-0.25, -0.2) is 4.98 Å². The lowest BCUT2D eigenvalue weighted by Gasteiger charge is -2.11. The summed E-state index contributed by atoms with van der Waals surface area (Å²) in [5.41, 5.74) is 15.5. The number of aromatic amines is 1. The SMILES string of the molecule is CCC(N)c1ccc2[nH]ncc2c1Cl.CCCc1ccc2oc(-c3cnn(C)c3)nc2c1.CN=C(C)c1ccccc1C. The molecule has 6 rings (SSSR count). The van der Waals surface area contributed by atoms with Crippen LogP contribution in [0.25, 0.3) is 33.5 Å². The van der Waals surface area contributed by atoms with Gasteiger partial charge in [-0.2, -0.15) is 10.2 Å². The van der Waals surface area contributed by atoms with E-state index in [1.54, 1.807) is 17.1 Å². The molecule has 0 saturated heterocycles. The first-order valence-corrected chi connectivity index (χ1v) is 14.9. The van der Waals surface area contributed by atoms with Crippen LogP contribution in [0.2, 0.25) is 5.02 Å². The molecule has 0 spiro atoms. The molecule has 3 heterocycles. The second-order valence-corrected chi connectivity index (χ2v) is 10.8. The maximum Gasteiger partial charge on any atom is 0.230 e. The quantitative estimate of drug-likeness (QED) is 0.188. The number of nitrogens with two attached hydrogens (primary N) is 1. The molecule has 0 aliphatic heterocycles. The molecular formula is C34H40ClN7O. The fourth-order valence-corrected chi connectivity index (χ4v) is 5.03. The van der Waals surface area contributed by atoms with Gasteiger partial charge in [0.25, 0.3) is 0 Å². The zero-order valence-electron chi connectivity index (χ0n) is 25.7. The highest BCUT2D eigenvalue weighted by Crippen LogP contribution is 2.30. The molecule has 43 heavy (non-hydrogen) atoms. The lowest BCUT2D eigenvalue weighted by molar-refractivity contribution is 0.619. The lowest BCUT2D eigenvalue weighted by atomic mass is 10.0. The first kappa shape index (κ1) is 31.7. The maximum atomic E-state index is 6.22. The summed E-state index contributed by atoms with van der Waals surface area (Å²) >= 11 is 6.22. The highest BCUT2D eigenvalue weighted by Gasteiger charge is 2.12. The normalized spacial score (nSPS) is 12.0. The second kappa shape index (κ2) is 14.8. The summed E-state index contributed by atoms with van der Waals surface area (Å²) in [4.78, 5) is 8.66. The van der Waals surface area contributed by atoms with Crippen molar-refractivity contribution in [1.29, 1.82) is 0 Å². The van der Waals surface area contributed by atoms with Crippen molar-refractivity contribution in [2.24, 2.45) is 17.8 Å². The molecular weight excluding hydrogens is 558 g/mol. The van der Waals surface area contributed by atoms with Gasteiger partial charge in [0.05, 0.1) is 28.5 Å². The highest BCUT2D eigenvalue weighted by atomic mass is 35.5. The Hall–Kier alpha value is -4.27. The molecule has 0 amide bonds. The third-order valence-corrected chi connectivity index (χ3v) is 7.66. The number of nitrogens with one attached hydrogen (secondary N) is 1. The van der Waals surface area contributed by atoms with E-state index in [0.717, 1.165) is 58.1 Å². The third-order valence-electron chi connectivity index (χ3n) is 7.24. The number of oxazole rings is 1. The van der Waals surface area contributed by atoms with Crippen molar-refractivity contribution in [3.8, 4) is 11.5 Å². The molecule has 0 aliphatic carbocycles. The Morgan fingerprint density at radius 3 is 2.58 bits per heavy atom. The molecule has 3 aromatic heterocycles. The van der Waals surface area contributed by atoms with E-state index in [0.29, 0.717) is 10.9 Å². The van der Waals surface area contributed by atoms with Gasteiger partial charge in [0, 0.05) is 37.4 Å². The van der Waals surface area contributed by atoms with Crippen LogP contribution in [0.4, 0.5) is 0 Å². The molecule has 224 valence electrons. The van der Waals surface area contributed by atoms with Crippen molar-refractivity contribution in [3.63, 3.8) is 0 Å². The largest absolute Gasteiger partial charge is 0.436 e. The Morgan fingerprint density at radius 2 is 1.91 bits per heavy atom. The number of rotatable bonds is 6. The zero-order chi connectivity index (χ0) is 30.9. The summed E-state index contributed by atoms with van der Waals surface area (Å²) in [6, 6.07) is 18.4. The van der Waals surface area contributed by atoms with Crippen molar-refractivity contribution in [1.82, 2.24) is 25.0 Å². The first-order valence-electron chi connectivity index (χ1n) is 14.5. The minimum atomic E-state index is 0.00167. The number of aryl methyl sites for hydroxylation is 3. The van der Waals surface area contributed by atoms with E-state index in [1.807, 2.05) is 64.5 Å². The van der Waals surface area contributed by atoms with Gasteiger partial charge in [-0.1, -0.05) is 68.3 Å². The smallest absolute Gasteiger partial charge is 0.230 e. The van der Waals surface area contributed by atoms with Crippen LogP contribution in [-0.2, 0) is 13.5 Å². The van der Waals surface area contributed by atoms with E-state index in [1.165, 1.54) is 16.7 Å². The van der Waals surface area contributed by atoms with Crippen molar-refractivity contribution >= 4 is 39.3 Å². The Balaban J connectivity index is 0.000000153. The number of H-pyrrole nitrogens is 1. The standard InChI is InChI=1S/C14H15N3O.C10H12ClN3.C10H13N/c1-3-4-10-5-6-13-12(7-10)16-14(18-13)11-8-15-17(2)9-11;1-2-8(12)6-3-4-9-7(10(6)11)5-13-14-9;1-8-6-4-5-7-10(8)9(2)11-3/h5-9H,3-4H2,1-2H3;3-5,8H,2,12H2,1H3,(H,13,14);4-7H,1-3H3. The molecule has 6 aromatic rings. The summed E-state index contributed by atoms with van der Waals surface area (Å²) < 4.78 is 7.48. The fraction of sp³-hybridized carbons (Fsp3) is 0.294. The molecule has 0 bridgehead atoms. The Labute approximate surface area is 258 Å². The molecule has 0 aliphatic rings. The summed E-state index contributed by atoms with van der Waals surface area (Å²) in [5, 5.41) is 12.6. The second-order valence-electron chi connectivity index (χ2n) is 10.4.